The largest absolute Gasteiger partial charge is 0.496 e. The summed E-state index contributed by atoms with van der Waals surface area (Å²) in [5.74, 6) is 0.0245. The van der Waals surface area contributed by atoms with Gasteiger partial charge in [-0.1, -0.05) is 29.3 Å². The Bertz CT molecular complexity index is 1040. The van der Waals surface area contributed by atoms with Crippen molar-refractivity contribution in [2.75, 3.05) is 20.2 Å². The van der Waals surface area contributed by atoms with Crippen LogP contribution in [-0.2, 0) is 21.4 Å². The molecule has 30 heavy (non-hydrogen) atoms. The quantitative estimate of drug-likeness (QED) is 0.691. The van der Waals surface area contributed by atoms with Crippen LogP contribution < -0.4 is 10.1 Å². The Balaban J connectivity index is 1.68. The van der Waals surface area contributed by atoms with E-state index in [1.165, 1.54) is 10.4 Å². The summed E-state index contributed by atoms with van der Waals surface area (Å²) in [6.07, 6.45) is 1.25. The maximum Gasteiger partial charge on any atom is 0.243 e. The highest BCUT2D eigenvalue weighted by Crippen LogP contribution is 2.27. The number of piperidine rings is 1. The molecule has 1 aliphatic rings. The van der Waals surface area contributed by atoms with Gasteiger partial charge in [-0.05, 0) is 61.2 Å². The number of hydrogen-bond acceptors (Lipinski definition) is 4. The molecule has 1 saturated heterocycles. The van der Waals surface area contributed by atoms with Crippen LogP contribution in [-0.4, -0.2) is 38.8 Å². The smallest absolute Gasteiger partial charge is 0.243 e. The minimum absolute atomic E-state index is 0.146. The molecule has 0 spiro atoms. The first-order valence-electron chi connectivity index (χ1n) is 9.59. The molecule has 9 heteroatoms. The average molecular weight is 471 g/mol. The highest BCUT2D eigenvalue weighted by molar-refractivity contribution is 7.89. The molecule has 0 bridgehead atoms. The predicted molar refractivity (Wildman–Crippen MR) is 118 cm³/mol. The summed E-state index contributed by atoms with van der Waals surface area (Å²) < 4.78 is 32.8. The van der Waals surface area contributed by atoms with Crippen molar-refractivity contribution in [1.82, 2.24) is 9.62 Å². The Hall–Kier alpha value is -1.80. The van der Waals surface area contributed by atoms with Crippen molar-refractivity contribution >= 4 is 39.1 Å². The number of carbonyl (C=O) groups is 1. The maximum atomic E-state index is 13.1. The second-order valence-electron chi connectivity index (χ2n) is 7.29. The van der Waals surface area contributed by atoms with Crippen molar-refractivity contribution in [3.05, 3.63) is 57.6 Å². The number of nitrogens with one attached hydrogen (secondary N) is 1. The van der Waals surface area contributed by atoms with Gasteiger partial charge in [0.05, 0.1) is 17.9 Å². The number of benzene rings is 2. The zero-order chi connectivity index (χ0) is 21.9. The van der Waals surface area contributed by atoms with Gasteiger partial charge in [0.25, 0.3) is 0 Å². The number of methoxy groups -OCH3 is 1. The summed E-state index contributed by atoms with van der Waals surface area (Å²) in [4.78, 5) is 12.9. The molecular weight excluding hydrogens is 447 g/mol. The van der Waals surface area contributed by atoms with Gasteiger partial charge < -0.3 is 10.1 Å². The number of carbonyl (C=O) groups excluding carboxylic acids is 1. The molecule has 3 rings (SSSR count). The van der Waals surface area contributed by atoms with Crippen LogP contribution >= 0.6 is 23.2 Å². The molecule has 2 aromatic carbocycles. The van der Waals surface area contributed by atoms with Crippen molar-refractivity contribution in [2.24, 2.45) is 5.92 Å². The fourth-order valence-electron chi connectivity index (χ4n) is 3.53. The minimum Gasteiger partial charge on any atom is -0.496 e. The van der Waals surface area contributed by atoms with Gasteiger partial charge in [-0.2, -0.15) is 4.31 Å². The molecule has 1 amide bonds. The lowest BCUT2D eigenvalue weighted by Crippen LogP contribution is -2.45. The molecule has 1 N–H and O–H groups in total. The van der Waals surface area contributed by atoms with E-state index in [1.807, 2.05) is 0 Å². The predicted octanol–water partition coefficient (Wildman–Crippen LogP) is 4.03. The Morgan fingerprint density at radius 1 is 1.23 bits per heavy atom. The molecule has 0 aliphatic carbocycles. The third-order valence-corrected chi connectivity index (χ3v) is 7.68. The lowest BCUT2D eigenvalue weighted by Gasteiger charge is -2.31. The van der Waals surface area contributed by atoms with Gasteiger partial charge >= 0.3 is 0 Å². The topological polar surface area (TPSA) is 75.7 Å². The van der Waals surface area contributed by atoms with Gasteiger partial charge in [-0.3, -0.25) is 4.79 Å². The van der Waals surface area contributed by atoms with Crippen LogP contribution in [0.25, 0.3) is 0 Å². The van der Waals surface area contributed by atoms with Crippen LogP contribution in [0, 0.1) is 12.8 Å². The molecule has 6 nitrogen and oxygen atoms in total. The molecule has 1 aliphatic heterocycles. The van der Waals surface area contributed by atoms with Gasteiger partial charge in [-0.15, -0.1) is 0 Å². The van der Waals surface area contributed by atoms with Gasteiger partial charge in [0.15, 0.2) is 0 Å². The summed E-state index contributed by atoms with van der Waals surface area (Å²) in [5.41, 5.74) is 1.49. The third kappa shape index (κ3) is 5.09. The summed E-state index contributed by atoms with van der Waals surface area (Å²) in [6, 6.07) is 9.87. The minimum atomic E-state index is -3.69. The molecule has 0 radical (unpaired) electrons. The van der Waals surface area contributed by atoms with Crippen LogP contribution in [0.4, 0.5) is 0 Å². The summed E-state index contributed by atoms with van der Waals surface area (Å²) in [7, 11) is -2.15. The van der Waals surface area contributed by atoms with Crippen LogP contribution in [0.15, 0.2) is 41.3 Å². The molecule has 1 atom stereocenters. The number of sulfonamides is 1. The lowest BCUT2D eigenvalue weighted by molar-refractivity contribution is -0.126. The van der Waals surface area contributed by atoms with Crippen molar-refractivity contribution in [1.29, 1.82) is 0 Å². The monoisotopic (exact) mass is 470 g/mol. The highest BCUT2D eigenvalue weighted by Gasteiger charge is 2.33. The Morgan fingerprint density at radius 2 is 2.00 bits per heavy atom. The number of nitrogens with zero attached hydrogens (tertiary/aromatic N) is 1. The Kier molecular flexibility index (Phi) is 7.29. The van der Waals surface area contributed by atoms with E-state index in [0.717, 1.165) is 11.1 Å². The van der Waals surface area contributed by atoms with E-state index in [9.17, 15) is 13.2 Å². The fourth-order valence-corrected chi connectivity index (χ4v) is 5.61. The van der Waals surface area contributed by atoms with Crippen LogP contribution in [0.3, 0.4) is 0 Å². The first-order chi connectivity index (χ1) is 14.2. The summed E-state index contributed by atoms with van der Waals surface area (Å²) in [5, 5.41) is 3.86. The van der Waals surface area contributed by atoms with Crippen molar-refractivity contribution in [2.45, 2.75) is 31.2 Å². The number of ether oxygens (including phenoxy) is 1. The molecule has 0 aromatic heterocycles. The van der Waals surface area contributed by atoms with Crippen molar-refractivity contribution < 1.29 is 17.9 Å². The lowest BCUT2D eigenvalue weighted by atomic mass is 9.99. The van der Waals surface area contributed by atoms with Crippen LogP contribution in [0.5, 0.6) is 5.75 Å². The molecule has 2 aromatic rings. The maximum absolute atomic E-state index is 13.1. The van der Waals surface area contributed by atoms with Crippen LogP contribution in [0.2, 0.25) is 10.0 Å². The molecule has 1 heterocycles. The normalized spacial score (nSPS) is 17.5. The first-order valence-corrected chi connectivity index (χ1v) is 11.8. The molecule has 0 saturated carbocycles. The number of hydrogen-bond donors (Lipinski definition) is 1. The first kappa shape index (κ1) is 22.9. The van der Waals surface area contributed by atoms with Gasteiger partial charge in [0, 0.05) is 29.7 Å². The van der Waals surface area contributed by atoms with Gasteiger partial charge in [-0.25, -0.2) is 8.42 Å². The van der Waals surface area contributed by atoms with Gasteiger partial charge in [0.2, 0.25) is 15.9 Å². The van der Waals surface area contributed by atoms with Gasteiger partial charge in [0.1, 0.15) is 5.75 Å². The van der Waals surface area contributed by atoms with Crippen molar-refractivity contribution in [3.63, 3.8) is 0 Å². The second-order valence-corrected chi connectivity index (χ2v) is 10.1. The number of amides is 1. The van der Waals surface area contributed by atoms with E-state index in [-0.39, 0.29) is 23.9 Å². The fraction of sp³-hybridized carbons (Fsp3) is 0.381. The van der Waals surface area contributed by atoms with E-state index >= 15 is 0 Å². The zero-order valence-corrected chi connectivity index (χ0v) is 19.1. The second kappa shape index (κ2) is 9.56. The highest BCUT2D eigenvalue weighted by atomic mass is 35.5. The van der Waals surface area contributed by atoms with E-state index in [1.54, 1.807) is 44.4 Å². The van der Waals surface area contributed by atoms with E-state index < -0.39 is 15.9 Å². The zero-order valence-electron chi connectivity index (χ0n) is 16.8. The van der Waals surface area contributed by atoms with Crippen molar-refractivity contribution in [3.8, 4) is 5.75 Å². The standard InChI is InChI=1S/C21H24Cl2N2O4S/c1-14-10-18(7-8-20(14)29-2)30(27,28)25-9-3-4-16(13-25)21(26)24-12-15-5-6-17(22)11-19(15)23/h5-8,10-11,16H,3-4,9,12-13H2,1-2H3,(H,24,26). The van der Waals surface area contributed by atoms with E-state index in [0.29, 0.717) is 35.2 Å². The molecule has 1 unspecified atom stereocenters. The SMILES string of the molecule is COc1ccc(S(=O)(=O)N2CCCC(C(=O)NCc3ccc(Cl)cc3Cl)C2)cc1C. The van der Waals surface area contributed by atoms with E-state index in [4.69, 9.17) is 27.9 Å². The Labute approximate surface area is 187 Å². The molecular formula is C21H24Cl2N2O4S. The summed E-state index contributed by atoms with van der Waals surface area (Å²) in [6.45, 7) is 2.59. The van der Waals surface area contributed by atoms with E-state index in [2.05, 4.69) is 5.32 Å². The summed E-state index contributed by atoms with van der Waals surface area (Å²) >= 11 is 12.0. The Morgan fingerprint density at radius 3 is 2.67 bits per heavy atom. The number of aryl methyl sites for hydroxylation is 1. The number of halogens is 2. The molecule has 1 fully saturated rings. The number of rotatable bonds is 6. The molecule has 162 valence electrons. The van der Waals surface area contributed by atoms with Crippen LogP contribution in [0.1, 0.15) is 24.0 Å². The third-order valence-electron chi connectivity index (χ3n) is 5.23. The average Bonchev–Trinajstić information content (AvgIpc) is 2.73.